The first kappa shape index (κ1) is 20.0. The highest BCUT2D eigenvalue weighted by molar-refractivity contribution is 6.35. The van der Waals surface area contributed by atoms with E-state index in [1.54, 1.807) is 6.07 Å². The van der Waals surface area contributed by atoms with Crippen LogP contribution in [0.5, 0.6) is 0 Å². The van der Waals surface area contributed by atoms with Gasteiger partial charge in [0.15, 0.2) is 0 Å². The molecule has 2 rings (SSSR count). The summed E-state index contributed by atoms with van der Waals surface area (Å²) in [5.74, 6) is -0.363. The van der Waals surface area contributed by atoms with E-state index < -0.39 is 5.67 Å². The van der Waals surface area contributed by atoms with Crippen molar-refractivity contribution in [1.29, 1.82) is 0 Å². The normalized spacial score (nSPS) is 18.1. The van der Waals surface area contributed by atoms with Crippen LogP contribution in [-0.4, -0.2) is 42.7 Å². The maximum atomic E-state index is 14.9. The van der Waals surface area contributed by atoms with Crippen molar-refractivity contribution in [1.82, 2.24) is 10.2 Å². The van der Waals surface area contributed by atoms with Gasteiger partial charge in [0.05, 0.1) is 6.54 Å². The lowest BCUT2D eigenvalue weighted by atomic mass is 9.93. The lowest BCUT2D eigenvalue weighted by Gasteiger charge is -2.36. The van der Waals surface area contributed by atoms with E-state index in [9.17, 15) is 9.18 Å². The van der Waals surface area contributed by atoms with Crippen molar-refractivity contribution in [2.45, 2.75) is 25.4 Å². The molecule has 0 saturated carbocycles. The Kier molecular flexibility index (Phi) is 7.48. The quantitative estimate of drug-likeness (QED) is 0.723. The first-order valence-electron chi connectivity index (χ1n) is 8.35. The first-order chi connectivity index (χ1) is 11.9. The molecule has 0 unspecified atom stereocenters. The van der Waals surface area contributed by atoms with Crippen LogP contribution in [0.2, 0.25) is 10.0 Å². The summed E-state index contributed by atoms with van der Waals surface area (Å²) in [5.41, 5.74) is -1.03. The number of piperidine rings is 1. The number of rotatable bonds is 6. The standard InChI is InChI=1S/C19H23Cl2FN2O/c1-2-3-4-5-8-24-9-6-19(22,7-10-24)14-23-18(25)15-11-16(20)13-17(21)12-15/h2-5,11-13H,6-10,14H2,1H3,(H,23,25). The third-order valence-electron chi connectivity index (χ3n) is 4.25. The van der Waals surface area contributed by atoms with E-state index in [1.807, 2.05) is 25.2 Å². The van der Waals surface area contributed by atoms with Gasteiger partial charge in [-0.15, -0.1) is 0 Å². The fraction of sp³-hybridized carbons (Fsp3) is 0.421. The number of likely N-dealkylation sites (tertiary alicyclic amines) is 1. The number of carbonyl (C=O) groups is 1. The van der Waals surface area contributed by atoms with Crippen LogP contribution in [0, 0.1) is 0 Å². The molecule has 0 radical (unpaired) electrons. The molecule has 0 spiro atoms. The van der Waals surface area contributed by atoms with Crippen LogP contribution in [0.3, 0.4) is 0 Å². The van der Waals surface area contributed by atoms with Crippen molar-refractivity contribution in [3.05, 3.63) is 58.1 Å². The zero-order chi connectivity index (χ0) is 18.3. The van der Waals surface area contributed by atoms with Gasteiger partial charge in [-0.05, 0) is 38.0 Å². The second-order valence-corrected chi connectivity index (χ2v) is 7.12. The second-order valence-electron chi connectivity index (χ2n) is 6.25. The molecule has 0 aromatic heterocycles. The molecule has 1 aliphatic rings. The van der Waals surface area contributed by atoms with Crippen LogP contribution in [0.4, 0.5) is 4.39 Å². The van der Waals surface area contributed by atoms with Crippen LogP contribution in [-0.2, 0) is 0 Å². The highest BCUT2D eigenvalue weighted by atomic mass is 35.5. The fourth-order valence-corrected chi connectivity index (χ4v) is 3.26. The number of carbonyl (C=O) groups excluding carboxylic acids is 1. The van der Waals surface area contributed by atoms with Crippen LogP contribution >= 0.6 is 23.2 Å². The van der Waals surface area contributed by atoms with Crippen molar-refractivity contribution < 1.29 is 9.18 Å². The second kappa shape index (κ2) is 9.37. The number of allylic oxidation sites excluding steroid dienone is 3. The monoisotopic (exact) mass is 384 g/mol. The Balaban J connectivity index is 1.82. The van der Waals surface area contributed by atoms with Gasteiger partial charge >= 0.3 is 0 Å². The number of hydrogen-bond donors (Lipinski definition) is 1. The van der Waals surface area contributed by atoms with E-state index in [1.165, 1.54) is 12.1 Å². The predicted octanol–water partition coefficient (Wildman–Crippen LogP) is 4.66. The van der Waals surface area contributed by atoms with Crippen molar-refractivity contribution in [3.8, 4) is 0 Å². The van der Waals surface area contributed by atoms with Crippen LogP contribution in [0.1, 0.15) is 30.1 Å². The summed E-state index contributed by atoms with van der Waals surface area (Å²) in [5, 5.41) is 3.43. The van der Waals surface area contributed by atoms with Gasteiger partial charge in [-0.2, -0.15) is 0 Å². The number of nitrogens with one attached hydrogen (secondary N) is 1. The summed E-state index contributed by atoms with van der Waals surface area (Å²) in [6.07, 6.45) is 8.81. The van der Waals surface area contributed by atoms with Crippen molar-refractivity contribution >= 4 is 29.1 Å². The summed E-state index contributed by atoms with van der Waals surface area (Å²) in [6.45, 7) is 4.13. The fourth-order valence-electron chi connectivity index (χ4n) is 2.74. The zero-order valence-corrected chi connectivity index (χ0v) is 15.8. The topological polar surface area (TPSA) is 32.3 Å². The zero-order valence-electron chi connectivity index (χ0n) is 14.3. The Morgan fingerprint density at radius 3 is 2.48 bits per heavy atom. The summed E-state index contributed by atoms with van der Waals surface area (Å²) in [6, 6.07) is 4.59. The molecule has 3 nitrogen and oxygen atoms in total. The SMILES string of the molecule is CC=CC=CCN1CCC(F)(CNC(=O)c2cc(Cl)cc(Cl)c2)CC1. The molecule has 0 aliphatic carbocycles. The highest BCUT2D eigenvalue weighted by Gasteiger charge is 2.34. The van der Waals surface area contributed by atoms with Crippen LogP contribution < -0.4 is 5.32 Å². The van der Waals surface area contributed by atoms with E-state index in [4.69, 9.17) is 23.2 Å². The molecule has 1 amide bonds. The summed E-state index contributed by atoms with van der Waals surface area (Å²) in [4.78, 5) is 14.4. The molecule has 0 bridgehead atoms. The molecule has 1 aromatic rings. The van der Waals surface area contributed by atoms with E-state index in [0.29, 0.717) is 41.5 Å². The largest absolute Gasteiger partial charge is 0.349 e. The molecule has 1 fully saturated rings. The minimum atomic E-state index is -1.37. The lowest BCUT2D eigenvalue weighted by molar-refractivity contribution is 0.0585. The Hall–Kier alpha value is -1.36. The van der Waals surface area contributed by atoms with E-state index in [-0.39, 0.29) is 12.5 Å². The van der Waals surface area contributed by atoms with Crippen LogP contribution in [0.25, 0.3) is 0 Å². The van der Waals surface area contributed by atoms with Gasteiger partial charge < -0.3 is 5.32 Å². The summed E-state index contributed by atoms with van der Waals surface area (Å²) in [7, 11) is 0. The first-order valence-corrected chi connectivity index (χ1v) is 9.11. The average molecular weight is 385 g/mol. The maximum absolute atomic E-state index is 14.9. The molecule has 136 valence electrons. The number of hydrogen-bond acceptors (Lipinski definition) is 2. The van der Waals surface area contributed by atoms with Crippen molar-refractivity contribution in [3.63, 3.8) is 0 Å². The summed E-state index contributed by atoms with van der Waals surface area (Å²) >= 11 is 11.8. The Morgan fingerprint density at radius 2 is 1.88 bits per heavy atom. The molecule has 6 heteroatoms. The molecule has 0 atom stereocenters. The molecule has 1 heterocycles. The summed E-state index contributed by atoms with van der Waals surface area (Å²) < 4.78 is 14.9. The van der Waals surface area contributed by atoms with Gasteiger partial charge in [0.1, 0.15) is 5.67 Å². The van der Waals surface area contributed by atoms with Gasteiger partial charge in [-0.3, -0.25) is 9.69 Å². The molecule has 1 aliphatic heterocycles. The molecule has 1 N–H and O–H groups in total. The minimum absolute atomic E-state index is 0.00177. The van der Waals surface area contributed by atoms with Gasteiger partial charge in [-0.1, -0.05) is 47.5 Å². The van der Waals surface area contributed by atoms with Crippen LogP contribution in [0.15, 0.2) is 42.5 Å². The highest BCUT2D eigenvalue weighted by Crippen LogP contribution is 2.26. The molecule has 25 heavy (non-hydrogen) atoms. The number of halogens is 3. The van der Waals surface area contributed by atoms with E-state index >= 15 is 0 Å². The van der Waals surface area contributed by atoms with Gasteiger partial charge in [0, 0.05) is 35.2 Å². The van der Waals surface area contributed by atoms with Gasteiger partial charge in [-0.25, -0.2) is 4.39 Å². The number of benzene rings is 1. The Labute approximate surface area is 158 Å². The van der Waals surface area contributed by atoms with Crippen molar-refractivity contribution in [2.75, 3.05) is 26.2 Å². The van der Waals surface area contributed by atoms with Gasteiger partial charge in [0.2, 0.25) is 0 Å². The third-order valence-corrected chi connectivity index (χ3v) is 4.68. The van der Waals surface area contributed by atoms with Gasteiger partial charge in [0.25, 0.3) is 5.91 Å². The van der Waals surface area contributed by atoms with E-state index in [2.05, 4.69) is 16.3 Å². The Bertz CT molecular complexity index is 633. The number of nitrogens with zero attached hydrogens (tertiary/aromatic N) is 1. The maximum Gasteiger partial charge on any atom is 0.251 e. The smallest absolute Gasteiger partial charge is 0.251 e. The Morgan fingerprint density at radius 1 is 1.24 bits per heavy atom. The van der Waals surface area contributed by atoms with E-state index in [0.717, 1.165) is 6.54 Å². The molecular weight excluding hydrogens is 362 g/mol. The predicted molar refractivity (Wildman–Crippen MR) is 102 cm³/mol. The third kappa shape index (κ3) is 6.46. The van der Waals surface area contributed by atoms with Crippen molar-refractivity contribution in [2.24, 2.45) is 0 Å². The molecular formula is C19H23Cl2FN2O. The lowest BCUT2D eigenvalue weighted by Crippen LogP contribution is -2.48. The average Bonchev–Trinajstić information content (AvgIpc) is 2.57. The number of alkyl halides is 1. The molecule has 1 saturated heterocycles. The minimum Gasteiger partial charge on any atom is -0.349 e. The number of amides is 1. The molecule has 1 aromatic carbocycles.